The first kappa shape index (κ1) is 21.4. The molecule has 5 rings (SSSR count). The predicted molar refractivity (Wildman–Crippen MR) is 129 cm³/mol. The molecule has 0 saturated heterocycles. The second kappa shape index (κ2) is 9.21. The molecular weight excluding hydrogens is 458 g/mol. The van der Waals surface area contributed by atoms with Gasteiger partial charge >= 0.3 is 0 Å². The number of aldehydes is 1. The molecule has 0 aliphatic carbocycles. The van der Waals surface area contributed by atoms with Gasteiger partial charge in [0.25, 0.3) is 0 Å². The first-order valence-corrected chi connectivity index (χ1v) is 11.8. The molecule has 5 aromatic rings. The van der Waals surface area contributed by atoms with Crippen LogP contribution >= 0.6 is 22.9 Å². The number of rotatable bonds is 8. The molecule has 0 aliphatic heterocycles. The Kier molecular flexibility index (Phi) is 5.97. The van der Waals surface area contributed by atoms with E-state index in [9.17, 15) is 4.79 Å². The molecule has 0 radical (unpaired) electrons. The molecule has 10 heteroatoms. The average molecular weight is 478 g/mol. The Morgan fingerprint density at radius 1 is 1.15 bits per heavy atom. The second-order valence-corrected chi connectivity index (χ2v) is 9.00. The summed E-state index contributed by atoms with van der Waals surface area (Å²) in [5, 5.41) is 15.5. The van der Waals surface area contributed by atoms with E-state index in [2.05, 4.69) is 50.7 Å². The van der Waals surface area contributed by atoms with Gasteiger partial charge < -0.3 is 4.57 Å². The lowest BCUT2D eigenvalue weighted by molar-refractivity contribution is 0.111. The third-order valence-corrected chi connectivity index (χ3v) is 6.79. The summed E-state index contributed by atoms with van der Waals surface area (Å²) < 4.78 is 2.98. The van der Waals surface area contributed by atoms with Crippen LogP contribution in [0.25, 0.3) is 32.2 Å². The quantitative estimate of drug-likeness (QED) is 0.308. The Morgan fingerprint density at radius 2 is 2.00 bits per heavy atom. The van der Waals surface area contributed by atoms with Crippen molar-refractivity contribution in [3.05, 3.63) is 64.7 Å². The summed E-state index contributed by atoms with van der Waals surface area (Å²) in [5.41, 5.74) is 4.16. The van der Waals surface area contributed by atoms with Crippen LogP contribution in [-0.4, -0.2) is 41.4 Å². The lowest BCUT2D eigenvalue weighted by Gasteiger charge is -2.09. The molecule has 0 unspecified atom stereocenters. The zero-order chi connectivity index (χ0) is 22.8. The Hall–Kier alpha value is -3.43. The van der Waals surface area contributed by atoms with Gasteiger partial charge in [0.2, 0.25) is 5.82 Å². The fraction of sp³-hybridized carbons (Fsp3) is 0.217. The molecule has 0 bridgehead atoms. The smallest absolute Gasteiger partial charge is 0.205 e. The molecule has 8 nitrogen and oxygen atoms in total. The number of hydrogen-bond donors (Lipinski definition) is 1. The van der Waals surface area contributed by atoms with E-state index in [1.807, 2.05) is 28.8 Å². The van der Waals surface area contributed by atoms with E-state index < -0.39 is 0 Å². The van der Waals surface area contributed by atoms with E-state index in [1.165, 1.54) is 0 Å². The molecule has 0 amide bonds. The third kappa shape index (κ3) is 4.17. The Bertz CT molecular complexity index is 1420. The lowest BCUT2D eigenvalue weighted by atomic mass is 10.1. The number of benzene rings is 2. The van der Waals surface area contributed by atoms with Gasteiger partial charge in [-0.25, -0.2) is 9.97 Å². The molecule has 0 saturated carbocycles. The summed E-state index contributed by atoms with van der Waals surface area (Å²) in [6.07, 6.45) is 3.58. The second-order valence-electron chi connectivity index (χ2n) is 7.61. The van der Waals surface area contributed by atoms with Crippen molar-refractivity contribution in [2.24, 2.45) is 0 Å². The van der Waals surface area contributed by atoms with Gasteiger partial charge in [-0.2, -0.15) is 5.21 Å². The van der Waals surface area contributed by atoms with Gasteiger partial charge in [-0.05, 0) is 29.3 Å². The molecule has 0 atom stereocenters. The summed E-state index contributed by atoms with van der Waals surface area (Å²) in [5.74, 6) is 1.36. The Balaban J connectivity index is 1.51. The van der Waals surface area contributed by atoms with Crippen LogP contribution in [0.5, 0.6) is 0 Å². The van der Waals surface area contributed by atoms with E-state index in [0.29, 0.717) is 18.1 Å². The zero-order valence-electron chi connectivity index (χ0n) is 17.8. The number of unbranched alkanes of at least 4 members (excludes halogenated alkanes) is 1. The van der Waals surface area contributed by atoms with E-state index in [0.717, 1.165) is 63.3 Å². The number of aromatic amines is 1. The van der Waals surface area contributed by atoms with Gasteiger partial charge in [0.15, 0.2) is 11.4 Å². The highest BCUT2D eigenvalue weighted by atomic mass is 35.5. The molecule has 0 spiro atoms. The first-order chi connectivity index (χ1) is 16.2. The van der Waals surface area contributed by atoms with Gasteiger partial charge in [0.1, 0.15) is 16.5 Å². The molecule has 3 aromatic heterocycles. The molecule has 0 fully saturated rings. The van der Waals surface area contributed by atoms with Gasteiger partial charge in [0.05, 0.1) is 10.2 Å². The van der Waals surface area contributed by atoms with Crippen LogP contribution in [0, 0.1) is 0 Å². The van der Waals surface area contributed by atoms with Gasteiger partial charge in [-0.1, -0.05) is 55.3 Å². The number of aromatic nitrogens is 7. The number of carbonyl (C=O) groups is 1. The number of aryl methyl sites for hydroxylation is 1. The summed E-state index contributed by atoms with van der Waals surface area (Å²) in [7, 11) is 0. The summed E-state index contributed by atoms with van der Waals surface area (Å²) in [6.45, 7) is 2.63. The van der Waals surface area contributed by atoms with Gasteiger partial charge in [-0.15, -0.1) is 21.5 Å². The summed E-state index contributed by atoms with van der Waals surface area (Å²) in [4.78, 5) is 21.0. The minimum Gasteiger partial charge on any atom is -0.320 e. The van der Waals surface area contributed by atoms with Crippen molar-refractivity contribution in [3.63, 3.8) is 0 Å². The van der Waals surface area contributed by atoms with Crippen LogP contribution in [0.4, 0.5) is 0 Å². The average Bonchev–Trinajstić information content (AvgIpc) is 3.57. The molecule has 33 heavy (non-hydrogen) atoms. The minimum absolute atomic E-state index is 0.256. The molecule has 3 heterocycles. The van der Waals surface area contributed by atoms with Crippen LogP contribution in [0.3, 0.4) is 0 Å². The molecule has 2 aromatic carbocycles. The van der Waals surface area contributed by atoms with Crippen molar-refractivity contribution < 1.29 is 4.79 Å². The van der Waals surface area contributed by atoms with Crippen molar-refractivity contribution in [1.82, 2.24) is 35.2 Å². The number of fused-ring (bicyclic) bond motifs is 1. The maximum Gasteiger partial charge on any atom is 0.205 e. The highest BCUT2D eigenvalue weighted by Crippen LogP contribution is 2.35. The number of H-pyrrole nitrogens is 1. The van der Waals surface area contributed by atoms with E-state index in [1.54, 1.807) is 11.3 Å². The van der Waals surface area contributed by atoms with Crippen LogP contribution in [0.1, 0.15) is 41.6 Å². The van der Waals surface area contributed by atoms with Crippen molar-refractivity contribution in [2.45, 2.75) is 32.7 Å². The van der Waals surface area contributed by atoms with E-state index in [-0.39, 0.29) is 5.15 Å². The summed E-state index contributed by atoms with van der Waals surface area (Å²) in [6, 6.07) is 14.1. The van der Waals surface area contributed by atoms with Crippen molar-refractivity contribution in [2.75, 3.05) is 0 Å². The number of imidazole rings is 1. The fourth-order valence-corrected chi connectivity index (χ4v) is 5.03. The Labute approximate surface area is 198 Å². The summed E-state index contributed by atoms with van der Waals surface area (Å²) >= 11 is 7.84. The number of thiazole rings is 1. The standard InChI is InChI=1S/C23H20ClN7OS/c1-2-3-8-20-26-21(24)18(13-32)31(20)12-14-9-10-19-17(11-14)25-23(33-19)16-7-5-4-6-15(16)22-27-29-30-28-22/h4-7,9-11,13H,2-3,8,12H2,1H3,(H,27,28,29,30). The SMILES string of the molecule is CCCCc1nc(Cl)c(C=O)n1Cc1ccc2sc(-c3ccccc3-c3nn[nH]n3)nc2c1. The molecular formula is C23H20ClN7OS. The maximum atomic E-state index is 11.7. The lowest BCUT2D eigenvalue weighted by Crippen LogP contribution is -2.08. The van der Waals surface area contributed by atoms with Crippen LogP contribution in [0.2, 0.25) is 5.15 Å². The van der Waals surface area contributed by atoms with E-state index in [4.69, 9.17) is 16.6 Å². The van der Waals surface area contributed by atoms with Crippen LogP contribution < -0.4 is 0 Å². The molecule has 1 N–H and O–H groups in total. The van der Waals surface area contributed by atoms with Gasteiger partial charge in [0, 0.05) is 24.1 Å². The fourth-order valence-electron chi connectivity index (χ4n) is 3.81. The maximum absolute atomic E-state index is 11.7. The molecule has 0 aliphatic rings. The largest absolute Gasteiger partial charge is 0.320 e. The van der Waals surface area contributed by atoms with Crippen molar-refractivity contribution in [3.8, 4) is 22.0 Å². The number of nitrogens with one attached hydrogen (secondary N) is 1. The number of carbonyl (C=O) groups excluding carboxylic acids is 1. The number of tetrazole rings is 1. The number of nitrogens with zero attached hydrogens (tertiary/aromatic N) is 6. The number of hydrogen-bond acceptors (Lipinski definition) is 7. The van der Waals surface area contributed by atoms with E-state index >= 15 is 0 Å². The van der Waals surface area contributed by atoms with Crippen molar-refractivity contribution >= 4 is 39.4 Å². The van der Waals surface area contributed by atoms with Gasteiger partial charge in [-0.3, -0.25) is 4.79 Å². The third-order valence-electron chi connectivity index (χ3n) is 5.44. The zero-order valence-corrected chi connectivity index (χ0v) is 19.4. The first-order valence-electron chi connectivity index (χ1n) is 10.6. The van der Waals surface area contributed by atoms with Crippen LogP contribution in [-0.2, 0) is 13.0 Å². The normalized spacial score (nSPS) is 11.3. The topological polar surface area (TPSA) is 102 Å². The highest BCUT2D eigenvalue weighted by molar-refractivity contribution is 7.21. The Morgan fingerprint density at radius 3 is 2.76 bits per heavy atom. The van der Waals surface area contributed by atoms with Crippen molar-refractivity contribution in [1.29, 1.82) is 0 Å². The monoisotopic (exact) mass is 477 g/mol. The minimum atomic E-state index is 0.256. The van der Waals surface area contributed by atoms with Crippen LogP contribution in [0.15, 0.2) is 42.5 Å². The number of halogens is 1. The predicted octanol–water partition coefficient (Wildman–Crippen LogP) is 5.20. The highest BCUT2D eigenvalue weighted by Gasteiger charge is 2.17. The molecule has 166 valence electrons.